The van der Waals surface area contributed by atoms with Gasteiger partial charge in [0.25, 0.3) is 5.91 Å². The molecule has 1 aromatic carbocycles. The highest BCUT2D eigenvalue weighted by molar-refractivity contribution is 6.35. The number of likely N-dealkylation sites (tertiary alicyclic amines) is 1. The normalized spacial score (nSPS) is 16.9. The fourth-order valence-electron chi connectivity index (χ4n) is 2.03. The van der Waals surface area contributed by atoms with Gasteiger partial charge < -0.3 is 10.0 Å². The summed E-state index contributed by atoms with van der Waals surface area (Å²) >= 11 is 11.8. The minimum Gasteiger partial charge on any atom is -0.481 e. The number of hydrogen-bond acceptors (Lipinski definition) is 2. The number of benzene rings is 1. The van der Waals surface area contributed by atoms with Gasteiger partial charge in [-0.25, -0.2) is 0 Å². The first-order valence-electron chi connectivity index (χ1n) is 5.87. The molecule has 1 fully saturated rings. The van der Waals surface area contributed by atoms with E-state index in [4.69, 9.17) is 28.3 Å². The number of nitrogens with zero attached hydrogens (tertiary/aromatic N) is 1. The van der Waals surface area contributed by atoms with Crippen LogP contribution in [0.25, 0.3) is 0 Å². The summed E-state index contributed by atoms with van der Waals surface area (Å²) in [5.41, 5.74) is 0.357. The molecule has 1 heterocycles. The number of rotatable bonds is 3. The van der Waals surface area contributed by atoms with E-state index in [-0.39, 0.29) is 11.8 Å². The predicted octanol–water partition coefficient (Wildman–Crippen LogP) is 2.79. The molecule has 0 aromatic heterocycles. The molecule has 0 spiro atoms. The van der Waals surface area contributed by atoms with Gasteiger partial charge in [-0.15, -0.1) is 0 Å². The van der Waals surface area contributed by atoms with Crippen LogP contribution in [0.5, 0.6) is 0 Å². The zero-order valence-corrected chi connectivity index (χ0v) is 11.8. The topological polar surface area (TPSA) is 57.6 Å². The number of halogens is 2. The molecule has 0 aliphatic carbocycles. The van der Waals surface area contributed by atoms with Crippen molar-refractivity contribution in [2.45, 2.75) is 6.92 Å². The average molecular weight is 302 g/mol. The van der Waals surface area contributed by atoms with Crippen molar-refractivity contribution >= 4 is 35.1 Å². The Bertz CT molecular complexity index is 527. The molecule has 1 aliphatic heterocycles. The number of carbonyl (C=O) groups excluding carboxylic acids is 1. The van der Waals surface area contributed by atoms with Gasteiger partial charge in [-0.1, -0.05) is 30.1 Å². The van der Waals surface area contributed by atoms with Gasteiger partial charge in [0.05, 0.1) is 16.5 Å². The zero-order chi connectivity index (χ0) is 14.2. The Balaban J connectivity index is 2.04. The number of carbonyl (C=O) groups is 2. The van der Waals surface area contributed by atoms with Crippen molar-refractivity contribution < 1.29 is 14.7 Å². The van der Waals surface area contributed by atoms with Crippen molar-refractivity contribution in [3.8, 4) is 0 Å². The summed E-state index contributed by atoms with van der Waals surface area (Å²) in [6.45, 7) is 2.53. The summed E-state index contributed by atoms with van der Waals surface area (Å²) in [6.07, 6.45) is 0. The van der Waals surface area contributed by atoms with Gasteiger partial charge in [0.2, 0.25) is 0 Å². The summed E-state index contributed by atoms with van der Waals surface area (Å²) in [7, 11) is 0. The number of carboxylic acids is 1. The van der Waals surface area contributed by atoms with Crippen LogP contribution >= 0.6 is 23.2 Å². The third kappa shape index (κ3) is 2.85. The molecule has 2 rings (SSSR count). The Hall–Kier alpha value is -1.26. The summed E-state index contributed by atoms with van der Waals surface area (Å²) in [5.74, 6) is -1.49. The monoisotopic (exact) mass is 301 g/mol. The molecular weight excluding hydrogens is 289 g/mol. The van der Waals surface area contributed by atoms with E-state index in [1.165, 1.54) is 6.07 Å². The predicted molar refractivity (Wildman–Crippen MR) is 72.7 cm³/mol. The molecule has 1 aromatic rings. The molecule has 1 aliphatic rings. The Morgan fingerprint density at radius 1 is 1.37 bits per heavy atom. The lowest BCUT2D eigenvalue weighted by molar-refractivity contribution is -0.144. The second kappa shape index (κ2) is 5.39. The van der Waals surface area contributed by atoms with Crippen LogP contribution in [0.4, 0.5) is 0 Å². The highest BCUT2D eigenvalue weighted by atomic mass is 35.5. The molecule has 102 valence electrons. The van der Waals surface area contributed by atoms with Crippen LogP contribution in [0, 0.1) is 11.8 Å². The Kier molecular flexibility index (Phi) is 4.02. The van der Waals surface area contributed by atoms with Gasteiger partial charge in [-0.3, -0.25) is 9.59 Å². The Morgan fingerprint density at radius 3 is 2.58 bits per heavy atom. The van der Waals surface area contributed by atoms with Crippen LogP contribution in [0.3, 0.4) is 0 Å². The molecule has 1 atom stereocenters. The zero-order valence-electron chi connectivity index (χ0n) is 10.3. The van der Waals surface area contributed by atoms with Crippen LogP contribution in [-0.4, -0.2) is 35.0 Å². The summed E-state index contributed by atoms with van der Waals surface area (Å²) in [4.78, 5) is 24.6. The fourth-order valence-corrected chi connectivity index (χ4v) is 2.40. The van der Waals surface area contributed by atoms with E-state index in [1.54, 1.807) is 24.0 Å². The number of aliphatic carboxylic acids is 1. The average Bonchev–Trinajstić information content (AvgIpc) is 2.29. The summed E-state index contributed by atoms with van der Waals surface area (Å²) in [6, 6.07) is 4.72. The molecule has 0 radical (unpaired) electrons. The second-order valence-electron chi connectivity index (χ2n) is 4.72. The van der Waals surface area contributed by atoms with Crippen molar-refractivity contribution in [3.63, 3.8) is 0 Å². The van der Waals surface area contributed by atoms with E-state index in [2.05, 4.69) is 0 Å². The summed E-state index contributed by atoms with van der Waals surface area (Å²) in [5, 5.41) is 9.70. The second-order valence-corrected chi connectivity index (χ2v) is 5.56. The lowest BCUT2D eigenvalue weighted by Crippen LogP contribution is -2.53. The maximum Gasteiger partial charge on any atom is 0.306 e. The highest BCUT2D eigenvalue weighted by Gasteiger charge is 2.37. The quantitative estimate of drug-likeness (QED) is 0.934. The Morgan fingerprint density at radius 2 is 2.00 bits per heavy atom. The van der Waals surface area contributed by atoms with Gasteiger partial charge in [0.1, 0.15) is 0 Å². The van der Waals surface area contributed by atoms with Crippen LogP contribution < -0.4 is 0 Å². The van der Waals surface area contributed by atoms with E-state index >= 15 is 0 Å². The van der Waals surface area contributed by atoms with Crippen molar-refractivity contribution in [1.82, 2.24) is 4.90 Å². The molecule has 1 saturated heterocycles. The van der Waals surface area contributed by atoms with Crippen molar-refractivity contribution in [2.75, 3.05) is 13.1 Å². The van der Waals surface area contributed by atoms with Crippen LogP contribution in [0.15, 0.2) is 18.2 Å². The minimum atomic E-state index is -0.835. The number of amides is 1. The van der Waals surface area contributed by atoms with E-state index < -0.39 is 11.9 Å². The largest absolute Gasteiger partial charge is 0.481 e. The fraction of sp³-hybridized carbons (Fsp3) is 0.385. The van der Waals surface area contributed by atoms with Crippen LogP contribution in [-0.2, 0) is 4.79 Å². The molecule has 19 heavy (non-hydrogen) atoms. The van der Waals surface area contributed by atoms with Crippen LogP contribution in [0.1, 0.15) is 17.3 Å². The number of carboxylic acid groups (broad SMARTS) is 1. The lowest BCUT2D eigenvalue weighted by Gasteiger charge is -2.41. The standard InChI is InChI=1S/C13H13Cl2NO3/c1-7(13(18)19)8-5-16(6-8)12(17)10-4-9(14)2-3-11(10)15/h2-4,7-8H,5-6H2,1H3,(H,18,19). The third-order valence-electron chi connectivity index (χ3n) is 3.45. The molecule has 4 nitrogen and oxygen atoms in total. The molecule has 1 N–H and O–H groups in total. The van der Waals surface area contributed by atoms with Gasteiger partial charge in [0, 0.05) is 24.0 Å². The molecule has 0 saturated carbocycles. The van der Waals surface area contributed by atoms with E-state index in [0.29, 0.717) is 28.7 Å². The molecular formula is C13H13Cl2NO3. The first-order valence-corrected chi connectivity index (χ1v) is 6.63. The highest BCUT2D eigenvalue weighted by Crippen LogP contribution is 2.28. The minimum absolute atomic E-state index is 0.000547. The van der Waals surface area contributed by atoms with E-state index in [1.807, 2.05) is 0 Å². The molecule has 1 amide bonds. The summed E-state index contributed by atoms with van der Waals surface area (Å²) < 4.78 is 0. The van der Waals surface area contributed by atoms with Crippen molar-refractivity contribution in [3.05, 3.63) is 33.8 Å². The maximum absolute atomic E-state index is 12.2. The first kappa shape index (κ1) is 14.2. The molecule has 1 unspecified atom stereocenters. The van der Waals surface area contributed by atoms with Crippen molar-refractivity contribution in [2.24, 2.45) is 11.8 Å². The molecule has 6 heteroatoms. The van der Waals surface area contributed by atoms with Gasteiger partial charge >= 0.3 is 5.97 Å². The van der Waals surface area contributed by atoms with Crippen LogP contribution in [0.2, 0.25) is 10.0 Å². The molecule has 0 bridgehead atoms. The third-order valence-corrected chi connectivity index (χ3v) is 4.02. The number of hydrogen-bond donors (Lipinski definition) is 1. The van der Waals surface area contributed by atoms with Gasteiger partial charge in [-0.05, 0) is 18.2 Å². The van der Waals surface area contributed by atoms with E-state index in [0.717, 1.165) is 0 Å². The smallest absolute Gasteiger partial charge is 0.306 e. The van der Waals surface area contributed by atoms with Crippen molar-refractivity contribution in [1.29, 1.82) is 0 Å². The van der Waals surface area contributed by atoms with E-state index in [9.17, 15) is 9.59 Å². The lowest BCUT2D eigenvalue weighted by atomic mass is 9.86. The Labute approximate surface area is 120 Å². The first-order chi connectivity index (χ1) is 8.90. The van der Waals surface area contributed by atoms with Gasteiger partial charge in [0.15, 0.2) is 0 Å². The SMILES string of the molecule is CC(C(=O)O)C1CN(C(=O)c2cc(Cl)ccc2Cl)C1. The maximum atomic E-state index is 12.2. The van der Waals surface area contributed by atoms with Gasteiger partial charge in [-0.2, -0.15) is 0 Å².